The Morgan fingerprint density at radius 2 is 2.23 bits per heavy atom. The Kier molecular flexibility index (Phi) is 2.77. The number of hydrogen-bond acceptors (Lipinski definition) is 2. The third-order valence-electron chi connectivity index (χ3n) is 2.41. The average molecular weight is 260 g/mol. The van der Waals surface area contributed by atoms with Crippen LogP contribution >= 0.6 is 27.3 Å². The Balaban J connectivity index is 2.44. The summed E-state index contributed by atoms with van der Waals surface area (Å²) in [6.07, 6.45) is 1.18. The third-order valence-corrected chi connectivity index (χ3v) is 5.11. The predicted molar refractivity (Wildman–Crippen MR) is 61.5 cm³/mol. The second-order valence-electron chi connectivity index (χ2n) is 3.76. The Morgan fingerprint density at radius 3 is 2.85 bits per heavy atom. The molecule has 1 aliphatic rings. The summed E-state index contributed by atoms with van der Waals surface area (Å²) >= 11 is 5.68. The van der Waals surface area contributed by atoms with Crippen LogP contribution in [0.5, 0.6) is 0 Å². The molecule has 3 heteroatoms. The maximum atomic E-state index is 3.72. The van der Waals surface area contributed by atoms with E-state index in [0.717, 1.165) is 13.1 Å². The highest BCUT2D eigenvalue weighted by molar-refractivity contribution is 9.10. The fourth-order valence-corrected chi connectivity index (χ4v) is 4.17. The Hall–Kier alpha value is 0.140. The molecule has 1 aromatic rings. The van der Waals surface area contributed by atoms with Crippen LogP contribution in [0.2, 0.25) is 0 Å². The molecule has 1 N–H and O–H groups in total. The molecule has 0 aliphatic carbocycles. The monoisotopic (exact) mass is 259 g/mol. The van der Waals surface area contributed by atoms with Crippen molar-refractivity contribution in [3.8, 4) is 0 Å². The minimum absolute atomic E-state index is 0.643. The predicted octanol–water partition coefficient (Wildman–Crippen LogP) is 3.28. The van der Waals surface area contributed by atoms with Crippen molar-refractivity contribution in [1.29, 1.82) is 0 Å². The van der Waals surface area contributed by atoms with E-state index >= 15 is 0 Å². The molecule has 0 saturated heterocycles. The fourth-order valence-electron chi connectivity index (χ4n) is 1.69. The van der Waals surface area contributed by atoms with Crippen LogP contribution in [0, 0.1) is 0 Å². The highest BCUT2D eigenvalue weighted by Crippen LogP contribution is 2.39. The van der Waals surface area contributed by atoms with Crippen LogP contribution in [0.25, 0.3) is 0 Å². The van der Waals surface area contributed by atoms with Crippen LogP contribution in [-0.2, 0) is 13.0 Å². The molecule has 0 saturated carbocycles. The van der Waals surface area contributed by atoms with Gasteiger partial charge in [0.1, 0.15) is 0 Å². The van der Waals surface area contributed by atoms with Crippen LogP contribution in [-0.4, -0.2) is 6.54 Å². The van der Waals surface area contributed by atoms with Crippen LogP contribution in [0.15, 0.2) is 4.47 Å². The van der Waals surface area contributed by atoms with Gasteiger partial charge in [-0.2, -0.15) is 0 Å². The molecule has 2 rings (SSSR count). The number of halogens is 1. The van der Waals surface area contributed by atoms with Gasteiger partial charge in [0, 0.05) is 20.8 Å². The summed E-state index contributed by atoms with van der Waals surface area (Å²) in [5, 5.41) is 3.41. The van der Waals surface area contributed by atoms with Crippen LogP contribution in [0.3, 0.4) is 0 Å². The SMILES string of the molecule is CC(C)c1sc2c(c1Br)CCNC2. The lowest BCUT2D eigenvalue weighted by molar-refractivity contribution is 0.653. The third kappa shape index (κ3) is 1.69. The van der Waals surface area contributed by atoms with Crippen LogP contribution in [0.4, 0.5) is 0 Å². The van der Waals surface area contributed by atoms with Gasteiger partial charge in [-0.05, 0) is 40.4 Å². The summed E-state index contributed by atoms with van der Waals surface area (Å²) in [7, 11) is 0. The van der Waals surface area contributed by atoms with Gasteiger partial charge in [0.2, 0.25) is 0 Å². The molecule has 1 nitrogen and oxygen atoms in total. The molecule has 0 unspecified atom stereocenters. The zero-order chi connectivity index (χ0) is 9.42. The van der Waals surface area contributed by atoms with Crippen molar-refractivity contribution in [2.45, 2.75) is 32.7 Å². The molecule has 0 atom stereocenters. The number of hydrogen-bond donors (Lipinski definition) is 1. The molecule has 72 valence electrons. The van der Waals surface area contributed by atoms with Gasteiger partial charge in [0.15, 0.2) is 0 Å². The normalized spacial score (nSPS) is 16.3. The van der Waals surface area contributed by atoms with E-state index in [1.54, 1.807) is 5.56 Å². The van der Waals surface area contributed by atoms with E-state index in [1.807, 2.05) is 11.3 Å². The molecule has 0 radical (unpaired) electrons. The van der Waals surface area contributed by atoms with E-state index in [-0.39, 0.29) is 0 Å². The van der Waals surface area contributed by atoms with Gasteiger partial charge in [0.05, 0.1) is 0 Å². The number of thiophene rings is 1. The van der Waals surface area contributed by atoms with E-state index in [1.165, 1.54) is 20.6 Å². The zero-order valence-electron chi connectivity index (χ0n) is 7.98. The summed E-state index contributed by atoms with van der Waals surface area (Å²) in [4.78, 5) is 3.04. The van der Waals surface area contributed by atoms with Gasteiger partial charge in [-0.3, -0.25) is 0 Å². The largest absolute Gasteiger partial charge is 0.312 e. The lowest BCUT2D eigenvalue weighted by Gasteiger charge is -2.12. The molecule has 0 aromatic carbocycles. The van der Waals surface area contributed by atoms with E-state index in [0.29, 0.717) is 5.92 Å². The number of fused-ring (bicyclic) bond motifs is 1. The minimum Gasteiger partial charge on any atom is -0.312 e. The lowest BCUT2D eigenvalue weighted by atomic mass is 10.1. The Bertz CT molecular complexity index is 317. The second-order valence-corrected chi connectivity index (χ2v) is 5.69. The lowest BCUT2D eigenvalue weighted by Crippen LogP contribution is -2.21. The van der Waals surface area contributed by atoms with Crippen LogP contribution in [0.1, 0.15) is 35.1 Å². The number of rotatable bonds is 1. The molecule has 13 heavy (non-hydrogen) atoms. The standard InChI is InChI=1S/C10H14BrNS/c1-6(2)10-9(11)7-3-4-12-5-8(7)13-10/h6,12H,3-5H2,1-2H3. The fraction of sp³-hybridized carbons (Fsp3) is 0.600. The molecule has 0 fully saturated rings. The molecule has 1 aliphatic heterocycles. The minimum atomic E-state index is 0.643. The molecule has 2 heterocycles. The summed E-state index contributed by atoms with van der Waals surface area (Å²) < 4.78 is 1.38. The summed E-state index contributed by atoms with van der Waals surface area (Å²) in [5.41, 5.74) is 1.55. The quantitative estimate of drug-likeness (QED) is 0.817. The summed E-state index contributed by atoms with van der Waals surface area (Å²) in [6.45, 7) is 6.70. The van der Waals surface area contributed by atoms with Gasteiger partial charge in [-0.25, -0.2) is 0 Å². The average Bonchev–Trinajstić information content (AvgIpc) is 2.45. The van der Waals surface area contributed by atoms with Crippen molar-refractivity contribution >= 4 is 27.3 Å². The van der Waals surface area contributed by atoms with Gasteiger partial charge in [0.25, 0.3) is 0 Å². The Labute approximate surface area is 91.7 Å². The molecule has 0 spiro atoms. The molecular weight excluding hydrogens is 246 g/mol. The van der Waals surface area contributed by atoms with Crippen molar-refractivity contribution in [3.63, 3.8) is 0 Å². The number of nitrogens with one attached hydrogen (secondary N) is 1. The van der Waals surface area contributed by atoms with Gasteiger partial charge < -0.3 is 5.32 Å². The molecule has 1 aromatic heterocycles. The van der Waals surface area contributed by atoms with Gasteiger partial charge >= 0.3 is 0 Å². The van der Waals surface area contributed by atoms with Gasteiger partial charge in [-0.1, -0.05) is 13.8 Å². The van der Waals surface area contributed by atoms with Crippen molar-refractivity contribution in [2.24, 2.45) is 0 Å². The smallest absolute Gasteiger partial charge is 0.0352 e. The van der Waals surface area contributed by atoms with Crippen molar-refractivity contribution < 1.29 is 0 Å². The maximum absolute atomic E-state index is 3.72. The van der Waals surface area contributed by atoms with E-state index in [9.17, 15) is 0 Å². The first-order chi connectivity index (χ1) is 6.20. The van der Waals surface area contributed by atoms with Gasteiger partial charge in [-0.15, -0.1) is 11.3 Å². The summed E-state index contributed by atoms with van der Waals surface area (Å²) in [5.74, 6) is 0.643. The van der Waals surface area contributed by atoms with Crippen LogP contribution < -0.4 is 5.32 Å². The first kappa shape index (κ1) is 9.69. The van der Waals surface area contributed by atoms with E-state index in [2.05, 4.69) is 35.1 Å². The first-order valence-electron chi connectivity index (χ1n) is 4.70. The van der Waals surface area contributed by atoms with E-state index in [4.69, 9.17) is 0 Å². The van der Waals surface area contributed by atoms with Crippen molar-refractivity contribution in [2.75, 3.05) is 6.54 Å². The summed E-state index contributed by atoms with van der Waals surface area (Å²) in [6, 6.07) is 0. The highest BCUT2D eigenvalue weighted by Gasteiger charge is 2.19. The molecule has 0 amide bonds. The topological polar surface area (TPSA) is 12.0 Å². The van der Waals surface area contributed by atoms with Crippen molar-refractivity contribution in [1.82, 2.24) is 5.32 Å². The Morgan fingerprint density at radius 1 is 1.46 bits per heavy atom. The zero-order valence-corrected chi connectivity index (χ0v) is 10.4. The highest BCUT2D eigenvalue weighted by atomic mass is 79.9. The maximum Gasteiger partial charge on any atom is 0.0352 e. The molecular formula is C10H14BrNS. The first-order valence-corrected chi connectivity index (χ1v) is 6.31. The van der Waals surface area contributed by atoms with E-state index < -0.39 is 0 Å². The molecule has 0 bridgehead atoms. The van der Waals surface area contributed by atoms with Crippen molar-refractivity contribution in [3.05, 3.63) is 19.8 Å². The second kappa shape index (κ2) is 3.71.